The number of hydrogen-bond donors (Lipinski definition) is 1. The number of halogens is 3. The van der Waals surface area contributed by atoms with Crippen LogP contribution in [0.4, 0.5) is 18.9 Å². The first-order valence-corrected chi connectivity index (χ1v) is 10.00. The van der Waals surface area contributed by atoms with Crippen LogP contribution in [-0.2, 0) is 6.18 Å². The van der Waals surface area contributed by atoms with E-state index in [0.717, 1.165) is 17.2 Å². The van der Waals surface area contributed by atoms with Gasteiger partial charge in [-0.25, -0.2) is 9.67 Å². The van der Waals surface area contributed by atoms with Gasteiger partial charge in [0.15, 0.2) is 5.82 Å². The Balaban J connectivity index is 1.93. The molecule has 152 valence electrons. The third kappa shape index (κ3) is 4.61. The zero-order chi connectivity index (χ0) is 21.2. The molecule has 1 aromatic carbocycles. The molecule has 2 aromatic heterocycles. The largest absolute Gasteiger partial charge is 0.417 e. The van der Waals surface area contributed by atoms with Crippen molar-refractivity contribution in [3.05, 3.63) is 65.6 Å². The molecule has 9 heteroatoms. The molecular weight excluding hydrogens is 401 g/mol. The van der Waals surface area contributed by atoms with Gasteiger partial charge in [-0.15, -0.1) is 11.8 Å². The van der Waals surface area contributed by atoms with E-state index in [-0.39, 0.29) is 17.6 Å². The maximum absolute atomic E-state index is 12.8. The van der Waals surface area contributed by atoms with E-state index in [4.69, 9.17) is 0 Å². The summed E-state index contributed by atoms with van der Waals surface area (Å²) < 4.78 is 39.8. The number of rotatable bonds is 5. The van der Waals surface area contributed by atoms with Crippen molar-refractivity contribution < 1.29 is 18.0 Å². The van der Waals surface area contributed by atoms with Crippen LogP contribution in [-0.4, -0.2) is 26.9 Å². The summed E-state index contributed by atoms with van der Waals surface area (Å²) in [5, 5.41) is 7.05. The summed E-state index contributed by atoms with van der Waals surface area (Å²) in [4.78, 5) is 17.7. The van der Waals surface area contributed by atoms with Gasteiger partial charge in [0.25, 0.3) is 5.91 Å². The molecule has 0 saturated heterocycles. The quantitative estimate of drug-likeness (QED) is 0.563. The number of pyridine rings is 1. The Labute approximate surface area is 170 Å². The lowest BCUT2D eigenvalue weighted by atomic mass is 10.1. The average molecular weight is 420 g/mol. The number of anilines is 1. The zero-order valence-corrected chi connectivity index (χ0v) is 16.8. The minimum absolute atomic E-state index is 0.111. The summed E-state index contributed by atoms with van der Waals surface area (Å²) in [6.45, 7) is 3.76. The van der Waals surface area contributed by atoms with Crippen LogP contribution in [0, 0.1) is 0 Å². The third-order valence-electron chi connectivity index (χ3n) is 4.22. The maximum Gasteiger partial charge on any atom is 0.417 e. The Bertz CT molecular complexity index is 1010. The van der Waals surface area contributed by atoms with Gasteiger partial charge in [-0.3, -0.25) is 4.79 Å². The lowest BCUT2D eigenvalue weighted by Gasteiger charge is -2.13. The van der Waals surface area contributed by atoms with Gasteiger partial charge in [-0.05, 0) is 42.5 Å². The fraction of sp³-hybridized carbons (Fsp3) is 0.250. The Kier molecular flexibility index (Phi) is 5.97. The van der Waals surface area contributed by atoms with Gasteiger partial charge in [-0.2, -0.15) is 18.3 Å². The van der Waals surface area contributed by atoms with Crippen molar-refractivity contribution in [3.8, 4) is 5.82 Å². The number of nitrogens with one attached hydrogen (secondary N) is 1. The van der Waals surface area contributed by atoms with Crippen molar-refractivity contribution in [3.63, 3.8) is 0 Å². The first-order chi connectivity index (χ1) is 13.7. The first-order valence-electron chi connectivity index (χ1n) is 8.77. The lowest BCUT2D eigenvalue weighted by Crippen LogP contribution is -2.16. The number of alkyl halides is 3. The molecule has 0 unspecified atom stereocenters. The van der Waals surface area contributed by atoms with Crippen LogP contribution >= 0.6 is 11.8 Å². The van der Waals surface area contributed by atoms with Crippen LogP contribution in [0.5, 0.6) is 0 Å². The van der Waals surface area contributed by atoms with E-state index in [1.54, 1.807) is 17.8 Å². The minimum atomic E-state index is -4.47. The van der Waals surface area contributed by atoms with Crippen molar-refractivity contribution in [2.45, 2.75) is 30.8 Å². The van der Waals surface area contributed by atoms with E-state index in [0.29, 0.717) is 16.9 Å². The van der Waals surface area contributed by atoms with Crippen LogP contribution in [0.1, 0.15) is 41.4 Å². The Morgan fingerprint density at radius 3 is 2.52 bits per heavy atom. The van der Waals surface area contributed by atoms with Gasteiger partial charge in [0.05, 0.1) is 23.0 Å². The number of benzene rings is 1. The molecule has 3 rings (SSSR count). The average Bonchev–Trinajstić information content (AvgIpc) is 3.13. The van der Waals surface area contributed by atoms with E-state index >= 15 is 0 Å². The summed E-state index contributed by atoms with van der Waals surface area (Å²) in [7, 11) is 0. The molecule has 0 spiro atoms. The summed E-state index contributed by atoms with van der Waals surface area (Å²) >= 11 is 1.56. The van der Waals surface area contributed by atoms with Crippen molar-refractivity contribution in [1.29, 1.82) is 0 Å². The third-order valence-corrected chi connectivity index (χ3v) is 4.94. The monoisotopic (exact) mass is 420 g/mol. The normalized spacial score (nSPS) is 11.7. The highest BCUT2D eigenvalue weighted by Crippen LogP contribution is 2.30. The fourth-order valence-electron chi connectivity index (χ4n) is 2.85. The topological polar surface area (TPSA) is 59.8 Å². The number of thioether (sulfide) groups is 1. The number of aromatic nitrogens is 3. The van der Waals surface area contributed by atoms with E-state index in [2.05, 4.69) is 15.4 Å². The molecule has 29 heavy (non-hydrogen) atoms. The van der Waals surface area contributed by atoms with Gasteiger partial charge < -0.3 is 5.32 Å². The molecule has 0 fully saturated rings. The molecule has 0 aliphatic heterocycles. The molecule has 1 amide bonds. The van der Waals surface area contributed by atoms with Crippen LogP contribution in [0.25, 0.3) is 5.82 Å². The molecule has 0 aliphatic carbocycles. The molecule has 0 aliphatic rings. The van der Waals surface area contributed by atoms with E-state index < -0.39 is 11.7 Å². The van der Waals surface area contributed by atoms with Gasteiger partial charge >= 0.3 is 6.18 Å². The second-order valence-electron chi connectivity index (χ2n) is 6.60. The van der Waals surface area contributed by atoms with Crippen molar-refractivity contribution in [2.24, 2.45) is 0 Å². The zero-order valence-electron chi connectivity index (χ0n) is 16.0. The molecule has 3 aromatic rings. The van der Waals surface area contributed by atoms with Crippen LogP contribution in [0.2, 0.25) is 0 Å². The smallest absolute Gasteiger partial charge is 0.322 e. The fourth-order valence-corrected chi connectivity index (χ4v) is 3.31. The maximum atomic E-state index is 12.8. The molecule has 2 heterocycles. The van der Waals surface area contributed by atoms with Gasteiger partial charge in [0.1, 0.15) is 0 Å². The van der Waals surface area contributed by atoms with Crippen molar-refractivity contribution in [1.82, 2.24) is 14.8 Å². The van der Waals surface area contributed by atoms with E-state index in [1.165, 1.54) is 16.9 Å². The second kappa shape index (κ2) is 8.28. The van der Waals surface area contributed by atoms with Gasteiger partial charge in [-0.1, -0.05) is 19.9 Å². The summed E-state index contributed by atoms with van der Waals surface area (Å²) in [5.41, 5.74) is 0.718. The highest BCUT2D eigenvalue weighted by molar-refractivity contribution is 7.98. The highest BCUT2D eigenvalue weighted by Gasteiger charge is 2.31. The summed E-state index contributed by atoms with van der Waals surface area (Å²) in [5.74, 6) is -0.241. The highest BCUT2D eigenvalue weighted by atomic mass is 32.2. The summed E-state index contributed by atoms with van der Waals surface area (Å²) in [6.07, 6.45) is -0.358. The van der Waals surface area contributed by atoms with E-state index in [1.807, 2.05) is 38.3 Å². The minimum Gasteiger partial charge on any atom is -0.322 e. The predicted octanol–water partition coefficient (Wildman–Crippen LogP) is 5.38. The van der Waals surface area contributed by atoms with Crippen molar-refractivity contribution in [2.75, 3.05) is 11.6 Å². The molecule has 5 nitrogen and oxygen atoms in total. The number of amides is 1. The Morgan fingerprint density at radius 1 is 1.17 bits per heavy atom. The lowest BCUT2D eigenvalue weighted by molar-refractivity contribution is -0.137. The molecule has 0 radical (unpaired) electrons. The number of carbonyl (C=O) groups excluding carboxylic acids is 1. The first kappa shape index (κ1) is 20.9. The van der Waals surface area contributed by atoms with Gasteiger partial charge in [0.2, 0.25) is 0 Å². The van der Waals surface area contributed by atoms with Crippen molar-refractivity contribution >= 4 is 23.4 Å². The Morgan fingerprint density at radius 2 is 1.93 bits per heavy atom. The Hall–Kier alpha value is -2.81. The van der Waals surface area contributed by atoms with Crippen LogP contribution in [0.15, 0.2) is 53.7 Å². The number of hydrogen-bond acceptors (Lipinski definition) is 4. The van der Waals surface area contributed by atoms with Crippen LogP contribution in [0.3, 0.4) is 0 Å². The second-order valence-corrected chi connectivity index (χ2v) is 7.48. The predicted molar refractivity (Wildman–Crippen MR) is 107 cm³/mol. The van der Waals surface area contributed by atoms with Gasteiger partial charge in [0, 0.05) is 16.8 Å². The SMILES string of the molecule is CSc1cccc(NC(=O)c2cnn(-c3ccc(C(F)(F)F)cn3)c2C(C)C)c1. The molecule has 0 bridgehead atoms. The van der Waals surface area contributed by atoms with E-state index in [9.17, 15) is 18.0 Å². The standard InChI is InChI=1S/C20H19F3N4OS/c1-12(2)18-16(19(28)26-14-5-4-6-15(9-14)29-3)11-25-27(18)17-8-7-13(10-24-17)20(21,22)23/h4-12H,1-3H3,(H,26,28). The molecular formula is C20H19F3N4OS. The molecule has 0 saturated carbocycles. The molecule has 1 N–H and O–H groups in total. The number of nitrogens with zero attached hydrogens (tertiary/aromatic N) is 3. The molecule has 0 atom stereocenters. The summed E-state index contributed by atoms with van der Waals surface area (Å²) in [6, 6.07) is 9.62. The van der Waals surface area contributed by atoms with Crippen LogP contribution < -0.4 is 5.32 Å². The number of carbonyl (C=O) groups is 1.